The average molecular weight is 1250 g/mol. The molecule has 0 aliphatic rings. The summed E-state index contributed by atoms with van der Waals surface area (Å²) in [6.07, 6.45) is 0. The van der Waals surface area contributed by atoms with Crippen LogP contribution in [0, 0.1) is 88.3 Å². The number of fused-ring (bicyclic) bond motifs is 1. The minimum absolute atomic E-state index is 0.0200. The molecular formula is C76H70N12O6. The van der Waals surface area contributed by atoms with E-state index in [4.69, 9.17) is 19.7 Å². The number of hydrogen-bond donors (Lipinski definition) is 8. The molecule has 0 spiro atoms. The molecule has 0 radical (unpaired) electrons. The fourth-order valence-corrected chi connectivity index (χ4v) is 9.81. The van der Waals surface area contributed by atoms with Crippen LogP contribution in [0.2, 0.25) is 0 Å². The lowest BCUT2D eigenvalue weighted by Crippen LogP contribution is -2.48. The Kier molecular flexibility index (Phi) is 22.6. The number of aryl methyl sites for hydroxylation is 5. The highest BCUT2D eigenvalue weighted by Gasteiger charge is 2.34. The van der Waals surface area contributed by atoms with E-state index in [1.165, 1.54) is 20.8 Å². The Bertz CT molecular complexity index is 4590. The van der Waals surface area contributed by atoms with E-state index in [1.54, 1.807) is 124 Å². The molecule has 18 nitrogen and oxygen atoms in total. The smallest absolute Gasteiger partial charge is 0.257 e. The quantitative estimate of drug-likeness (QED) is 0.0396. The van der Waals surface area contributed by atoms with Gasteiger partial charge >= 0.3 is 0 Å². The number of nitriles is 3. The lowest BCUT2D eigenvalue weighted by molar-refractivity contribution is -0.131. The van der Waals surface area contributed by atoms with Crippen LogP contribution in [0.4, 0.5) is 51.2 Å². The summed E-state index contributed by atoms with van der Waals surface area (Å²) in [6.45, 7) is 35.0. The molecule has 0 aliphatic carbocycles. The molecule has 18 heteroatoms. The van der Waals surface area contributed by atoms with Gasteiger partial charge in [0.15, 0.2) is 33.9 Å². The van der Waals surface area contributed by atoms with Crippen LogP contribution < -0.4 is 31.5 Å². The van der Waals surface area contributed by atoms with Gasteiger partial charge < -0.3 is 46.8 Å². The molecule has 8 N–H and O–H groups in total. The van der Waals surface area contributed by atoms with Gasteiger partial charge in [-0.05, 0) is 168 Å². The Labute approximate surface area is 548 Å². The Morgan fingerprint density at radius 1 is 0.457 bits per heavy atom. The fourth-order valence-electron chi connectivity index (χ4n) is 9.81. The lowest BCUT2D eigenvalue weighted by Gasteiger charge is -2.30. The summed E-state index contributed by atoms with van der Waals surface area (Å²) in [7, 11) is 1.79. The first-order valence-corrected chi connectivity index (χ1v) is 29.6. The summed E-state index contributed by atoms with van der Waals surface area (Å²) in [6, 6.07) is 59.0. The van der Waals surface area contributed by atoms with Crippen molar-refractivity contribution in [2.75, 3.05) is 58.2 Å². The Hall–Kier alpha value is -12.1. The zero-order valence-corrected chi connectivity index (χ0v) is 53.6. The average Bonchev–Trinajstić information content (AvgIpc) is 0.827. The third-order valence-electron chi connectivity index (χ3n) is 15.5. The molecule has 0 unspecified atom stereocenters. The van der Waals surface area contributed by atoms with Crippen LogP contribution in [-0.4, -0.2) is 76.5 Å². The van der Waals surface area contributed by atoms with Gasteiger partial charge in [0.2, 0.25) is 0 Å². The zero-order valence-electron chi connectivity index (χ0n) is 53.6. The maximum Gasteiger partial charge on any atom is 0.257 e. The van der Waals surface area contributed by atoms with E-state index in [0.717, 1.165) is 72.2 Å². The van der Waals surface area contributed by atoms with Gasteiger partial charge in [-0.3, -0.25) is 14.4 Å². The van der Waals surface area contributed by atoms with Crippen LogP contribution in [0.5, 0.6) is 0 Å². The van der Waals surface area contributed by atoms with Crippen LogP contribution >= 0.6 is 0 Å². The van der Waals surface area contributed by atoms with Crippen LogP contribution in [0.3, 0.4) is 0 Å². The van der Waals surface area contributed by atoms with Gasteiger partial charge in [-0.25, -0.2) is 14.5 Å². The summed E-state index contributed by atoms with van der Waals surface area (Å²) in [5.41, 5.74) is 9.82. The molecule has 9 rings (SSSR count). The molecule has 0 saturated heterocycles. The highest BCUT2D eigenvalue weighted by molar-refractivity contribution is 6.01. The summed E-state index contributed by atoms with van der Waals surface area (Å²) in [4.78, 5) is 50.0. The van der Waals surface area contributed by atoms with Crippen molar-refractivity contribution in [3.63, 3.8) is 0 Å². The zero-order chi connectivity index (χ0) is 68.5. The van der Waals surface area contributed by atoms with Crippen molar-refractivity contribution in [1.29, 1.82) is 15.8 Å². The van der Waals surface area contributed by atoms with E-state index in [0.29, 0.717) is 56.5 Å². The van der Waals surface area contributed by atoms with Crippen molar-refractivity contribution in [2.45, 2.75) is 72.2 Å². The number of carbonyl (C=O) groups is 3. The second-order valence-corrected chi connectivity index (χ2v) is 23.4. The van der Waals surface area contributed by atoms with Gasteiger partial charge in [0.1, 0.15) is 0 Å². The van der Waals surface area contributed by atoms with E-state index in [2.05, 4.69) is 59.3 Å². The topological polar surface area (TPSA) is 260 Å². The number of anilines is 6. The van der Waals surface area contributed by atoms with Gasteiger partial charge in [0, 0.05) is 63.1 Å². The van der Waals surface area contributed by atoms with Crippen LogP contribution in [0.15, 0.2) is 176 Å². The third kappa shape index (κ3) is 17.6. The largest absolute Gasteiger partial charge is 0.382 e. The first-order valence-electron chi connectivity index (χ1n) is 29.6. The number of rotatable bonds is 17. The first-order chi connectivity index (χ1) is 44.7. The van der Waals surface area contributed by atoms with Crippen molar-refractivity contribution in [2.24, 2.45) is 0 Å². The van der Waals surface area contributed by atoms with Crippen molar-refractivity contribution < 1.29 is 29.7 Å². The van der Waals surface area contributed by atoms with Gasteiger partial charge in [0.25, 0.3) is 17.7 Å². The van der Waals surface area contributed by atoms with Crippen LogP contribution in [-0.2, 0) is 14.4 Å². The molecular weight excluding hydrogens is 1180 g/mol. The maximum atomic E-state index is 12.8. The molecule has 0 aromatic heterocycles. The highest BCUT2D eigenvalue weighted by atomic mass is 16.3. The molecule has 9 aromatic rings. The van der Waals surface area contributed by atoms with Gasteiger partial charge in [-0.1, -0.05) is 102 Å². The standard InChI is InChI=1S/C27H26N4O2.C26H24N4O2.C23H20N4O2/c1-18-6-8-20(9-7-18)24-15-23(12-10-21(24)16-28)31(5)17-27(3,33)26(32)30-22-11-13-25(29-4)19(2)14-22;1-17-5-7-19(8-6-17)23-14-21(10-9-20(23)15-27)29-16-26(3,32)25(31)30-22-11-12-24(28-4)18(2)13-22;1-15-12-17(9-11-20(15)25-3)27-22(28)23(2,29)14-26-21-10-8-16(13-24)18-6-4-5-7-19(18)21/h6-15,33H,17H2,1-3,5H3,(H,30,32);5-14,29,32H,16H2,1-3H3,(H,30,31);4-12,26,29H,14H2,1-2H3,(H,27,28)/t27-;26-;23-/m000/s1. The van der Waals surface area contributed by atoms with E-state index in [-0.39, 0.29) is 19.6 Å². The van der Waals surface area contributed by atoms with Gasteiger partial charge in [-0.15, -0.1) is 0 Å². The lowest BCUT2D eigenvalue weighted by atomic mass is 9.98. The fraction of sp³-hybridized carbons (Fsp3) is 0.197. The first kappa shape index (κ1) is 69.3. The predicted molar refractivity (Wildman–Crippen MR) is 372 cm³/mol. The summed E-state index contributed by atoms with van der Waals surface area (Å²) < 4.78 is 0. The Morgan fingerprint density at radius 2 is 0.840 bits per heavy atom. The normalized spacial score (nSPS) is 12.3. The number of carbonyl (C=O) groups excluding carboxylic acids is 3. The second kappa shape index (κ2) is 30.6. The second-order valence-electron chi connectivity index (χ2n) is 23.4. The Morgan fingerprint density at radius 3 is 1.27 bits per heavy atom. The van der Waals surface area contributed by atoms with Crippen molar-refractivity contribution in [1.82, 2.24) is 0 Å². The molecule has 470 valence electrons. The number of likely N-dealkylation sites (N-methyl/N-ethyl adjacent to an activating group) is 1. The SMILES string of the molecule is [C-]#[N+]c1ccc(NC(=O)[C@@](C)(O)CN(C)c2ccc(C#N)c(-c3ccc(C)cc3)c2)cc1C.[C-]#[N+]c1ccc(NC(=O)[C@@](C)(O)CNc2ccc(C#N)c(-c3ccc(C)cc3)c2)cc1C.[C-]#[N+]c1ccc(NC(=O)[C@@](C)(O)CNc2ccc(C#N)c3ccccc23)cc1C. The molecule has 94 heavy (non-hydrogen) atoms. The molecule has 0 heterocycles. The number of nitrogens with zero attached hydrogens (tertiary/aromatic N) is 7. The van der Waals surface area contributed by atoms with Gasteiger partial charge in [0.05, 0.1) is 74.2 Å². The molecule has 0 aliphatic heterocycles. The number of benzene rings is 9. The van der Waals surface area contributed by atoms with E-state index in [9.17, 15) is 45.5 Å². The van der Waals surface area contributed by atoms with Crippen molar-refractivity contribution in [3.05, 3.63) is 255 Å². The predicted octanol–water partition coefficient (Wildman–Crippen LogP) is 14.8. The minimum Gasteiger partial charge on any atom is -0.382 e. The van der Waals surface area contributed by atoms with E-state index >= 15 is 0 Å². The maximum absolute atomic E-state index is 12.8. The third-order valence-corrected chi connectivity index (χ3v) is 15.5. The van der Waals surface area contributed by atoms with Gasteiger partial charge in [-0.2, -0.15) is 15.8 Å². The number of amides is 3. The van der Waals surface area contributed by atoms with Crippen LogP contribution in [0.25, 0.3) is 47.6 Å². The summed E-state index contributed by atoms with van der Waals surface area (Å²) in [5.74, 6) is -1.66. The number of hydrogen-bond acceptors (Lipinski definition) is 12. The number of aliphatic hydroxyl groups is 3. The van der Waals surface area contributed by atoms with E-state index < -0.39 is 34.5 Å². The summed E-state index contributed by atoms with van der Waals surface area (Å²) in [5, 5.41) is 76.6. The van der Waals surface area contributed by atoms with Crippen molar-refractivity contribution in [3.8, 4) is 40.5 Å². The molecule has 0 fully saturated rings. The molecule has 3 amide bonds. The molecule has 0 bridgehead atoms. The minimum atomic E-state index is -1.69. The summed E-state index contributed by atoms with van der Waals surface area (Å²) >= 11 is 0. The molecule has 3 atom stereocenters. The molecule has 9 aromatic carbocycles. The monoisotopic (exact) mass is 1250 g/mol. The van der Waals surface area contributed by atoms with Crippen LogP contribution in [0.1, 0.15) is 65.3 Å². The highest BCUT2D eigenvalue weighted by Crippen LogP contribution is 2.33. The number of nitrogens with one attached hydrogen (secondary N) is 5. The molecule has 0 saturated carbocycles. The van der Waals surface area contributed by atoms with Crippen molar-refractivity contribution >= 4 is 79.7 Å². The Balaban J connectivity index is 0.000000200. The van der Waals surface area contributed by atoms with E-state index in [1.807, 2.05) is 98.8 Å².